The van der Waals surface area contributed by atoms with Crippen LogP contribution in [0.3, 0.4) is 0 Å². The summed E-state index contributed by atoms with van der Waals surface area (Å²) in [5.74, 6) is 1.75. The predicted molar refractivity (Wildman–Crippen MR) is 126 cm³/mol. The van der Waals surface area contributed by atoms with Crippen LogP contribution in [-0.4, -0.2) is 56.3 Å². The lowest BCUT2D eigenvalue weighted by atomic mass is 9.91. The van der Waals surface area contributed by atoms with E-state index in [2.05, 4.69) is 11.0 Å². The fraction of sp³-hybridized carbons (Fsp3) is 0.370. The Labute approximate surface area is 193 Å². The maximum absolute atomic E-state index is 12.8. The number of likely N-dealkylation sites (N-methyl/N-ethyl adjacent to an activating group) is 1. The molecule has 0 bridgehead atoms. The minimum atomic E-state index is -0.158. The van der Waals surface area contributed by atoms with Crippen LogP contribution in [-0.2, 0) is 16.0 Å². The maximum atomic E-state index is 12.8. The Bertz CT molecular complexity index is 1230. The molecule has 1 saturated heterocycles. The van der Waals surface area contributed by atoms with E-state index in [-0.39, 0.29) is 24.1 Å². The summed E-state index contributed by atoms with van der Waals surface area (Å²) in [6.07, 6.45) is 5.20. The first-order chi connectivity index (χ1) is 16.0. The van der Waals surface area contributed by atoms with Gasteiger partial charge in [-0.25, -0.2) is 0 Å². The lowest BCUT2D eigenvalue weighted by Gasteiger charge is -2.28. The topological polar surface area (TPSA) is 68.2 Å². The Morgan fingerprint density at radius 3 is 2.82 bits per heavy atom. The highest BCUT2D eigenvalue weighted by Crippen LogP contribution is 2.37. The molecule has 0 amide bonds. The van der Waals surface area contributed by atoms with Crippen molar-refractivity contribution in [2.75, 3.05) is 40.5 Å². The molecule has 2 aromatic carbocycles. The van der Waals surface area contributed by atoms with Crippen molar-refractivity contribution in [3.05, 3.63) is 63.5 Å². The van der Waals surface area contributed by atoms with E-state index in [9.17, 15) is 9.90 Å². The standard InChI is InChI=1S/C27H29NO5/c1-28(2)9-11-31-21-7-5-17(6-8-21)25-14-19-12-20(29)15-22-26(23(19)16-33-25)24(30)13-18-4-3-10-32-27(18)22/h4-8,12-13,25,30H,3,9-11,14-16H2,1-2H3/t25-/m1/s1. The van der Waals surface area contributed by atoms with E-state index in [0.717, 1.165) is 52.0 Å². The van der Waals surface area contributed by atoms with Gasteiger partial charge in [-0.05, 0) is 55.1 Å². The number of phenolic OH excluding ortho intramolecular Hbond substituents is 1. The number of allylic oxidation sites excluding steroid dienone is 1. The number of carbonyl (C=O) groups is 1. The molecule has 2 heterocycles. The number of hydrogen-bond acceptors (Lipinski definition) is 6. The molecule has 2 aliphatic heterocycles. The van der Waals surface area contributed by atoms with E-state index in [1.165, 1.54) is 0 Å². The van der Waals surface area contributed by atoms with Gasteiger partial charge in [-0.15, -0.1) is 0 Å². The second-order valence-corrected chi connectivity index (χ2v) is 9.02. The van der Waals surface area contributed by atoms with Crippen molar-refractivity contribution in [2.45, 2.75) is 25.4 Å². The zero-order chi connectivity index (χ0) is 22.9. The summed E-state index contributed by atoms with van der Waals surface area (Å²) in [4.78, 5) is 14.9. The fourth-order valence-corrected chi connectivity index (χ4v) is 4.73. The van der Waals surface area contributed by atoms with Crippen LogP contribution < -0.4 is 19.9 Å². The van der Waals surface area contributed by atoms with Gasteiger partial charge >= 0.3 is 0 Å². The van der Waals surface area contributed by atoms with Gasteiger partial charge in [0, 0.05) is 41.8 Å². The lowest BCUT2D eigenvalue weighted by Crippen LogP contribution is -2.28. The molecule has 5 rings (SSSR count). The van der Waals surface area contributed by atoms with Crippen LogP contribution in [0.2, 0.25) is 0 Å². The van der Waals surface area contributed by atoms with Gasteiger partial charge in [-0.3, -0.25) is 4.79 Å². The van der Waals surface area contributed by atoms with Crippen LogP contribution >= 0.6 is 0 Å². The third kappa shape index (κ3) is 4.41. The second kappa shape index (κ2) is 9.04. The molecule has 0 saturated carbocycles. The molecule has 0 aromatic heterocycles. The van der Waals surface area contributed by atoms with Gasteiger partial charge in [0.05, 0.1) is 19.3 Å². The van der Waals surface area contributed by atoms with E-state index in [1.807, 2.05) is 38.4 Å². The summed E-state index contributed by atoms with van der Waals surface area (Å²) in [6.45, 7) is 2.40. The van der Waals surface area contributed by atoms with E-state index >= 15 is 0 Å². The third-order valence-electron chi connectivity index (χ3n) is 6.38. The molecule has 6 heteroatoms. The molecular formula is C27H29NO5. The first-order valence-corrected chi connectivity index (χ1v) is 11.4. The van der Waals surface area contributed by atoms with Crippen LogP contribution in [0.15, 0.2) is 42.0 Å². The molecule has 1 fully saturated rings. The summed E-state index contributed by atoms with van der Waals surface area (Å²) in [6, 6.07) is 9.70. The fourth-order valence-electron chi connectivity index (χ4n) is 4.73. The number of hydrogen-bond donors (Lipinski definition) is 1. The molecule has 6 nitrogen and oxygen atoms in total. The second-order valence-electron chi connectivity index (χ2n) is 9.02. The summed E-state index contributed by atoms with van der Waals surface area (Å²) in [7, 11) is 4.03. The first kappa shape index (κ1) is 21.7. The highest BCUT2D eigenvalue weighted by Gasteiger charge is 2.29. The van der Waals surface area contributed by atoms with Crippen LogP contribution in [0.4, 0.5) is 0 Å². The number of aromatic hydroxyl groups is 1. The van der Waals surface area contributed by atoms with Gasteiger partial charge in [0.1, 0.15) is 23.9 Å². The summed E-state index contributed by atoms with van der Waals surface area (Å²) < 4.78 is 17.9. The number of nitrogens with zero attached hydrogens (tertiary/aromatic N) is 1. The normalized spacial score (nSPS) is 19.5. The van der Waals surface area contributed by atoms with Crippen molar-refractivity contribution in [3.8, 4) is 17.2 Å². The third-order valence-corrected chi connectivity index (χ3v) is 6.38. The van der Waals surface area contributed by atoms with Gasteiger partial charge in [0.25, 0.3) is 0 Å². The highest BCUT2D eigenvalue weighted by atomic mass is 16.5. The molecule has 0 radical (unpaired) electrons. The smallest absolute Gasteiger partial charge is 0.160 e. The largest absolute Gasteiger partial charge is 0.507 e. The monoisotopic (exact) mass is 447 g/mol. The molecule has 1 atom stereocenters. The highest BCUT2D eigenvalue weighted by molar-refractivity contribution is 5.97. The van der Waals surface area contributed by atoms with Crippen molar-refractivity contribution in [2.24, 2.45) is 0 Å². The molecular weight excluding hydrogens is 418 g/mol. The number of carbonyl (C=O) groups excluding carboxylic acids is 1. The lowest BCUT2D eigenvalue weighted by molar-refractivity contribution is -0.114. The maximum Gasteiger partial charge on any atom is 0.160 e. The van der Waals surface area contributed by atoms with Crippen molar-refractivity contribution < 1.29 is 24.1 Å². The van der Waals surface area contributed by atoms with Crippen LogP contribution in [0.25, 0.3) is 11.6 Å². The van der Waals surface area contributed by atoms with Gasteiger partial charge in [0.2, 0.25) is 0 Å². The average molecular weight is 448 g/mol. The quantitative estimate of drug-likeness (QED) is 0.759. The van der Waals surface area contributed by atoms with E-state index < -0.39 is 0 Å². The Kier molecular flexibility index (Phi) is 5.96. The molecule has 1 aliphatic carbocycles. The SMILES string of the molecule is CN(C)CCOc1ccc([C@H]2CC3=CC(=O)Cc4c5c(cc(O)c4=C3CO2)=CCCO5)cc1. The molecule has 0 spiro atoms. The molecule has 3 aliphatic rings. The number of ether oxygens (including phenoxy) is 3. The van der Waals surface area contributed by atoms with Gasteiger partial charge < -0.3 is 24.2 Å². The van der Waals surface area contributed by atoms with E-state index in [4.69, 9.17) is 14.2 Å². The molecule has 33 heavy (non-hydrogen) atoms. The number of benzene rings is 2. The van der Waals surface area contributed by atoms with Crippen LogP contribution in [0, 0.1) is 0 Å². The summed E-state index contributed by atoms with van der Waals surface area (Å²) in [5, 5.41) is 12.4. The van der Waals surface area contributed by atoms with E-state index in [1.54, 1.807) is 12.1 Å². The molecule has 172 valence electrons. The Balaban J connectivity index is 1.44. The minimum absolute atomic E-state index is 0.0218. The summed E-state index contributed by atoms with van der Waals surface area (Å²) >= 11 is 0. The zero-order valence-corrected chi connectivity index (χ0v) is 19.1. The van der Waals surface area contributed by atoms with E-state index in [0.29, 0.717) is 31.5 Å². The Morgan fingerprint density at radius 1 is 1.21 bits per heavy atom. The Morgan fingerprint density at radius 2 is 2.03 bits per heavy atom. The minimum Gasteiger partial charge on any atom is -0.507 e. The average Bonchev–Trinajstić information content (AvgIpc) is 2.95. The number of rotatable bonds is 5. The van der Waals surface area contributed by atoms with Crippen LogP contribution in [0.1, 0.15) is 30.1 Å². The predicted octanol–water partition coefficient (Wildman–Crippen LogP) is 2.26. The van der Waals surface area contributed by atoms with Crippen molar-refractivity contribution in [1.82, 2.24) is 4.90 Å². The molecule has 0 unspecified atom stereocenters. The van der Waals surface area contributed by atoms with Crippen molar-refractivity contribution in [3.63, 3.8) is 0 Å². The van der Waals surface area contributed by atoms with Gasteiger partial charge in [0.15, 0.2) is 5.78 Å². The van der Waals surface area contributed by atoms with Gasteiger partial charge in [-0.2, -0.15) is 0 Å². The number of ketones is 1. The number of fused-ring (bicyclic) bond motifs is 4. The zero-order valence-electron chi connectivity index (χ0n) is 19.1. The van der Waals surface area contributed by atoms with Crippen molar-refractivity contribution >= 4 is 17.4 Å². The number of phenols is 1. The van der Waals surface area contributed by atoms with Gasteiger partial charge in [-0.1, -0.05) is 18.2 Å². The Hall–Kier alpha value is -3.09. The van der Waals surface area contributed by atoms with Crippen molar-refractivity contribution in [1.29, 1.82) is 0 Å². The first-order valence-electron chi connectivity index (χ1n) is 11.4. The van der Waals surface area contributed by atoms with Crippen LogP contribution in [0.5, 0.6) is 17.2 Å². The molecule has 2 aromatic rings. The molecule has 1 N–H and O–H groups in total. The summed E-state index contributed by atoms with van der Waals surface area (Å²) in [5.41, 5.74) is 3.62.